The standard InChI is InChI=1S/C40H57N7O3/c1-4-36(29-12-14-30(15-13-29)38(48)49)45(3)39-43-34-17-16-31(28-10-7-6-8-11-28)22-33(34)37(44-39)42-35(32-23-41-47(5-2)24-32)25-46-20-9-18-40(26-46)19-21-50-27-40/h6-8,10-11,23-24,29-31,35-36H,4-5,9,12-22,25-27H2,1-3H3,(H,48,49)(H,42,43,44)/t29?,30?,31-,35+,36-,40?/m1/s1. The second-order valence-electron chi connectivity index (χ2n) is 15.7. The molecule has 1 saturated carbocycles. The average Bonchev–Trinajstić information content (AvgIpc) is 3.82. The number of anilines is 2. The largest absolute Gasteiger partial charge is 0.481 e. The number of benzene rings is 1. The van der Waals surface area contributed by atoms with Gasteiger partial charge in [-0.3, -0.25) is 9.48 Å². The Bertz CT molecular complexity index is 1580. The van der Waals surface area contributed by atoms with Crippen LogP contribution in [0.2, 0.25) is 0 Å². The predicted octanol–water partition coefficient (Wildman–Crippen LogP) is 6.73. The highest BCUT2D eigenvalue weighted by Crippen LogP contribution is 2.41. The van der Waals surface area contributed by atoms with Crippen molar-refractivity contribution in [1.82, 2.24) is 24.6 Å². The van der Waals surface area contributed by atoms with Gasteiger partial charge in [0, 0.05) is 62.1 Å². The molecule has 4 aliphatic rings. The average molecular weight is 684 g/mol. The first kappa shape index (κ1) is 34.9. The molecule has 50 heavy (non-hydrogen) atoms. The normalized spacial score (nSPS) is 26.7. The molecule has 0 bridgehead atoms. The molecular formula is C40H57N7O3. The van der Waals surface area contributed by atoms with E-state index in [2.05, 4.69) is 72.5 Å². The van der Waals surface area contributed by atoms with Crippen LogP contribution in [0.25, 0.3) is 0 Å². The SMILES string of the molecule is CC[C@H](C1CCC(C(=O)O)CC1)N(C)c1nc2c(c(N[C@@H](CN3CCCC4(CCOC4)C3)c3cnn(CC)c3)n1)C[C@H](c1ccccc1)CC2. The van der Waals surface area contributed by atoms with Crippen LogP contribution in [0.3, 0.4) is 0 Å². The van der Waals surface area contributed by atoms with Crippen molar-refractivity contribution in [2.24, 2.45) is 17.3 Å². The van der Waals surface area contributed by atoms with Gasteiger partial charge in [-0.25, -0.2) is 4.98 Å². The second-order valence-corrected chi connectivity index (χ2v) is 15.7. The molecule has 0 radical (unpaired) electrons. The number of likely N-dealkylation sites (tertiary alicyclic amines) is 1. The van der Waals surface area contributed by atoms with Crippen LogP contribution in [0.5, 0.6) is 0 Å². The minimum absolute atomic E-state index is 0.0234. The summed E-state index contributed by atoms with van der Waals surface area (Å²) in [6.07, 6.45) is 15.1. The number of ether oxygens (including phenoxy) is 1. The van der Waals surface area contributed by atoms with Crippen LogP contribution in [0.1, 0.15) is 106 Å². The van der Waals surface area contributed by atoms with Crippen LogP contribution >= 0.6 is 0 Å². The number of fused-ring (bicyclic) bond motifs is 1. The second kappa shape index (κ2) is 15.4. The number of carbonyl (C=O) groups is 1. The fourth-order valence-electron chi connectivity index (χ4n) is 9.53. The highest BCUT2D eigenvalue weighted by molar-refractivity contribution is 5.70. The molecule has 7 rings (SSSR count). The highest BCUT2D eigenvalue weighted by Gasteiger charge is 2.40. The van der Waals surface area contributed by atoms with Gasteiger partial charge in [-0.1, -0.05) is 37.3 Å². The van der Waals surface area contributed by atoms with Crippen LogP contribution in [-0.4, -0.2) is 81.7 Å². The number of carboxylic acid groups (broad SMARTS) is 1. The number of hydrogen-bond donors (Lipinski definition) is 2. The van der Waals surface area contributed by atoms with E-state index >= 15 is 0 Å². The third-order valence-electron chi connectivity index (χ3n) is 12.5. The Morgan fingerprint density at radius 2 is 1.94 bits per heavy atom. The number of carboxylic acids is 1. The molecule has 3 aromatic rings. The zero-order valence-electron chi connectivity index (χ0n) is 30.4. The molecule has 2 aliphatic heterocycles. The molecule has 0 amide bonds. The van der Waals surface area contributed by atoms with Crippen molar-refractivity contribution in [3.8, 4) is 0 Å². The lowest BCUT2D eigenvalue weighted by atomic mass is 9.77. The van der Waals surface area contributed by atoms with E-state index < -0.39 is 5.97 Å². The lowest BCUT2D eigenvalue weighted by Gasteiger charge is -2.41. The van der Waals surface area contributed by atoms with E-state index in [0.717, 1.165) is 115 Å². The molecule has 2 aromatic heterocycles. The third-order valence-corrected chi connectivity index (χ3v) is 12.5. The van der Waals surface area contributed by atoms with Crippen LogP contribution in [0.15, 0.2) is 42.7 Å². The molecule has 2 saturated heterocycles. The Morgan fingerprint density at radius 3 is 2.64 bits per heavy atom. The zero-order chi connectivity index (χ0) is 34.7. The number of nitrogens with zero attached hydrogens (tertiary/aromatic N) is 6. The summed E-state index contributed by atoms with van der Waals surface area (Å²) in [6, 6.07) is 11.2. The van der Waals surface area contributed by atoms with Crippen molar-refractivity contribution in [2.75, 3.05) is 50.1 Å². The van der Waals surface area contributed by atoms with Crippen molar-refractivity contribution in [3.63, 3.8) is 0 Å². The summed E-state index contributed by atoms with van der Waals surface area (Å²) < 4.78 is 7.94. The third kappa shape index (κ3) is 7.57. The molecule has 3 fully saturated rings. The summed E-state index contributed by atoms with van der Waals surface area (Å²) in [4.78, 5) is 27.4. The lowest BCUT2D eigenvalue weighted by molar-refractivity contribution is -0.143. The van der Waals surface area contributed by atoms with Gasteiger partial charge in [0.05, 0.1) is 30.5 Å². The molecule has 1 unspecified atom stereocenters. The van der Waals surface area contributed by atoms with E-state index in [0.29, 0.717) is 11.8 Å². The maximum Gasteiger partial charge on any atom is 0.306 e. The molecule has 2 N–H and O–H groups in total. The Balaban J connectivity index is 1.21. The van der Waals surface area contributed by atoms with Gasteiger partial charge in [0.2, 0.25) is 5.95 Å². The van der Waals surface area contributed by atoms with Crippen LogP contribution in [0.4, 0.5) is 11.8 Å². The Labute approximate surface area is 298 Å². The van der Waals surface area contributed by atoms with E-state index in [1.165, 1.54) is 29.5 Å². The van der Waals surface area contributed by atoms with Gasteiger partial charge in [-0.2, -0.15) is 10.1 Å². The molecule has 1 spiro atoms. The summed E-state index contributed by atoms with van der Waals surface area (Å²) in [6.45, 7) is 10.0. The molecule has 4 atom stereocenters. The molecular weight excluding hydrogens is 626 g/mol. The monoisotopic (exact) mass is 683 g/mol. The van der Waals surface area contributed by atoms with Gasteiger partial charge in [0.25, 0.3) is 0 Å². The molecule has 4 heterocycles. The minimum atomic E-state index is -0.650. The quantitative estimate of drug-likeness (QED) is 0.215. The van der Waals surface area contributed by atoms with Gasteiger partial charge in [0.1, 0.15) is 5.82 Å². The number of piperidine rings is 1. The number of aliphatic carboxylic acids is 1. The zero-order valence-corrected chi connectivity index (χ0v) is 30.4. The van der Waals surface area contributed by atoms with Crippen molar-refractivity contribution in [2.45, 2.75) is 109 Å². The maximum atomic E-state index is 11.7. The number of hydrogen-bond acceptors (Lipinski definition) is 8. The number of aromatic nitrogens is 4. The smallest absolute Gasteiger partial charge is 0.306 e. The van der Waals surface area contributed by atoms with E-state index in [9.17, 15) is 9.90 Å². The summed E-state index contributed by atoms with van der Waals surface area (Å²) in [5, 5.41) is 18.4. The van der Waals surface area contributed by atoms with Crippen LogP contribution < -0.4 is 10.2 Å². The first-order valence-electron chi connectivity index (χ1n) is 19.3. The maximum absolute atomic E-state index is 11.7. The van der Waals surface area contributed by atoms with E-state index in [-0.39, 0.29) is 23.4 Å². The van der Waals surface area contributed by atoms with Crippen LogP contribution in [0, 0.1) is 17.3 Å². The van der Waals surface area contributed by atoms with E-state index in [1.54, 1.807) is 0 Å². The van der Waals surface area contributed by atoms with E-state index in [4.69, 9.17) is 19.8 Å². The number of aryl methyl sites for hydroxylation is 2. The molecule has 2 aliphatic carbocycles. The summed E-state index contributed by atoms with van der Waals surface area (Å²) in [5.41, 5.74) is 5.25. The predicted molar refractivity (Wildman–Crippen MR) is 197 cm³/mol. The summed E-state index contributed by atoms with van der Waals surface area (Å²) in [7, 11) is 2.15. The highest BCUT2D eigenvalue weighted by atomic mass is 16.5. The first-order valence-corrected chi connectivity index (χ1v) is 19.3. The summed E-state index contributed by atoms with van der Waals surface area (Å²) in [5.74, 6) is 1.72. The van der Waals surface area contributed by atoms with Gasteiger partial charge in [0.15, 0.2) is 0 Å². The number of nitrogens with one attached hydrogen (secondary N) is 1. The fraction of sp³-hybridized carbons (Fsp3) is 0.650. The summed E-state index contributed by atoms with van der Waals surface area (Å²) >= 11 is 0. The van der Waals surface area contributed by atoms with Crippen molar-refractivity contribution >= 4 is 17.7 Å². The molecule has 1 aromatic carbocycles. The Morgan fingerprint density at radius 1 is 1.12 bits per heavy atom. The minimum Gasteiger partial charge on any atom is -0.481 e. The van der Waals surface area contributed by atoms with Crippen molar-refractivity contribution in [1.29, 1.82) is 0 Å². The van der Waals surface area contributed by atoms with Gasteiger partial charge in [-0.15, -0.1) is 0 Å². The van der Waals surface area contributed by atoms with Crippen molar-refractivity contribution < 1.29 is 14.6 Å². The Kier molecular flexibility index (Phi) is 10.8. The van der Waals surface area contributed by atoms with Crippen LogP contribution in [-0.2, 0) is 28.9 Å². The lowest BCUT2D eigenvalue weighted by Crippen LogP contribution is -2.46. The van der Waals surface area contributed by atoms with Gasteiger partial charge >= 0.3 is 5.97 Å². The topological polar surface area (TPSA) is 109 Å². The molecule has 10 nitrogen and oxygen atoms in total. The fourth-order valence-corrected chi connectivity index (χ4v) is 9.53. The first-order chi connectivity index (χ1) is 24.3. The van der Waals surface area contributed by atoms with Gasteiger partial charge in [-0.05, 0) is 101 Å². The van der Waals surface area contributed by atoms with Gasteiger partial charge < -0.3 is 25.0 Å². The number of rotatable bonds is 12. The Hall–Kier alpha value is -3.50. The molecule has 10 heteroatoms. The van der Waals surface area contributed by atoms with E-state index in [1.807, 2.05) is 10.9 Å². The van der Waals surface area contributed by atoms with Crippen molar-refractivity contribution in [3.05, 3.63) is 65.1 Å². The molecule has 270 valence electrons.